The smallest absolute Gasteiger partial charge is 0.191 e. The van der Waals surface area contributed by atoms with Crippen LogP contribution >= 0.6 is 11.3 Å². The topological polar surface area (TPSA) is 61.6 Å². The molecule has 34 heavy (non-hydrogen) atoms. The van der Waals surface area contributed by atoms with Gasteiger partial charge in [0.2, 0.25) is 0 Å². The molecule has 4 heterocycles. The number of benzene rings is 1. The third-order valence-electron chi connectivity index (χ3n) is 6.21. The number of hydrogen-bond donors (Lipinski definition) is 1. The minimum Gasteiger partial charge on any atom is -0.355 e. The fourth-order valence-corrected chi connectivity index (χ4v) is 5.25. The first-order chi connectivity index (χ1) is 16.5. The Morgan fingerprint density at radius 1 is 1.18 bits per heavy atom. The largest absolute Gasteiger partial charge is 0.355 e. The van der Waals surface area contributed by atoms with E-state index in [9.17, 15) is 4.39 Å². The summed E-state index contributed by atoms with van der Waals surface area (Å²) in [5.74, 6) is 2.21. The van der Waals surface area contributed by atoms with Crippen molar-refractivity contribution in [2.75, 3.05) is 43.0 Å². The van der Waals surface area contributed by atoms with Crippen molar-refractivity contribution in [2.45, 2.75) is 26.7 Å². The van der Waals surface area contributed by atoms with Gasteiger partial charge in [0.05, 0.1) is 11.4 Å². The summed E-state index contributed by atoms with van der Waals surface area (Å²) in [6.45, 7) is 8.39. The van der Waals surface area contributed by atoms with Crippen molar-refractivity contribution in [3.63, 3.8) is 0 Å². The van der Waals surface area contributed by atoms with E-state index in [4.69, 9.17) is 15.1 Å². The number of anilines is 3. The van der Waals surface area contributed by atoms with Crippen LogP contribution in [-0.2, 0) is 6.42 Å². The van der Waals surface area contributed by atoms with Gasteiger partial charge in [0.1, 0.15) is 11.6 Å². The average Bonchev–Trinajstić information content (AvgIpc) is 3.46. The molecule has 0 amide bonds. The molecule has 5 rings (SSSR count). The van der Waals surface area contributed by atoms with Crippen LogP contribution in [0.15, 0.2) is 41.8 Å². The maximum Gasteiger partial charge on any atom is 0.191 e. The van der Waals surface area contributed by atoms with Gasteiger partial charge in [-0.05, 0) is 68.2 Å². The van der Waals surface area contributed by atoms with Crippen LogP contribution in [0, 0.1) is 11.7 Å². The number of aromatic nitrogens is 4. The molecule has 1 atom stereocenters. The predicted molar refractivity (Wildman–Crippen MR) is 137 cm³/mol. The number of imidazole rings is 1. The average molecular weight is 480 g/mol. The summed E-state index contributed by atoms with van der Waals surface area (Å²) in [6.07, 6.45) is 1.88. The molecule has 1 N–H and O–H groups in total. The Bertz CT molecular complexity index is 1270. The van der Waals surface area contributed by atoms with Crippen molar-refractivity contribution in [3.05, 3.63) is 53.3 Å². The highest BCUT2D eigenvalue weighted by Gasteiger charge is 2.22. The van der Waals surface area contributed by atoms with Gasteiger partial charge >= 0.3 is 0 Å². The number of nitrogens with zero attached hydrogens (tertiary/aromatic N) is 6. The molecular weight excluding hydrogens is 449 g/mol. The Hall–Kier alpha value is -3.04. The molecule has 7 nitrogen and oxygen atoms in total. The summed E-state index contributed by atoms with van der Waals surface area (Å²) < 4.78 is 15.3. The number of hydrogen-bond acceptors (Lipinski definition) is 7. The number of fused-ring (bicyclic) bond motifs is 1. The zero-order chi connectivity index (χ0) is 23.7. The van der Waals surface area contributed by atoms with E-state index < -0.39 is 0 Å². The van der Waals surface area contributed by atoms with Crippen LogP contribution in [-0.4, -0.2) is 52.8 Å². The Labute approximate surface area is 203 Å². The lowest BCUT2D eigenvalue weighted by atomic mass is 10.1. The Morgan fingerprint density at radius 2 is 2.00 bits per heavy atom. The molecule has 1 unspecified atom stereocenters. The first kappa shape index (κ1) is 22.7. The van der Waals surface area contributed by atoms with Gasteiger partial charge in [-0.2, -0.15) is 4.52 Å². The molecule has 0 aliphatic carbocycles. The molecule has 4 aromatic rings. The standard InChI is InChI=1S/C25H30FN7S/c1-4-20-24(31(3)25-29-21(16-34-25)18-6-8-19(26)9-7-18)33-22(28-20)10-11-23(30-33)32-13-5-12-27-14-17(2)15-32/h6-11,16-17,27H,4-5,12-15H2,1-3H3. The summed E-state index contributed by atoms with van der Waals surface area (Å²) in [7, 11) is 2.01. The van der Waals surface area contributed by atoms with E-state index in [1.54, 1.807) is 23.5 Å². The molecule has 0 bridgehead atoms. The molecule has 1 fully saturated rings. The predicted octanol–water partition coefficient (Wildman–Crippen LogP) is 4.76. The second-order valence-corrected chi connectivity index (χ2v) is 9.72. The van der Waals surface area contributed by atoms with Gasteiger partial charge in [0.25, 0.3) is 0 Å². The Balaban J connectivity index is 1.50. The van der Waals surface area contributed by atoms with Crippen LogP contribution in [0.4, 0.5) is 21.2 Å². The van der Waals surface area contributed by atoms with Gasteiger partial charge in [0.15, 0.2) is 16.6 Å². The van der Waals surface area contributed by atoms with E-state index in [0.717, 1.165) is 78.4 Å². The van der Waals surface area contributed by atoms with E-state index in [2.05, 4.69) is 41.1 Å². The highest BCUT2D eigenvalue weighted by atomic mass is 32.1. The van der Waals surface area contributed by atoms with Crippen LogP contribution in [0.1, 0.15) is 26.0 Å². The third-order valence-corrected chi connectivity index (χ3v) is 7.13. The van der Waals surface area contributed by atoms with Crippen LogP contribution in [0.25, 0.3) is 16.9 Å². The van der Waals surface area contributed by atoms with Crippen molar-refractivity contribution in [3.8, 4) is 11.3 Å². The van der Waals surface area contributed by atoms with Crippen molar-refractivity contribution in [2.24, 2.45) is 5.92 Å². The lowest BCUT2D eigenvalue weighted by Crippen LogP contribution is -2.39. The van der Waals surface area contributed by atoms with Crippen molar-refractivity contribution in [1.82, 2.24) is 24.9 Å². The zero-order valence-electron chi connectivity index (χ0n) is 19.8. The summed E-state index contributed by atoms with van der Waals surface area (Å²) in [4.78, 5) is 14.1. The maximum absolute atomic E-state index is 13.3. The second-order valence-electron chi connectivity index (χ2n) is 8.89. The molecular formula is C25H30FN7S. The molecule has 178 valence electrons. The van der Waals surface area contributed by atoms with Crippen LogP contribution in [0.5, 0.6) is 0 Å². The molecule has 1 aliphatic rings. The summed E-state index contributed by atoms with van der Waals surface area (Å²) in [5.41, 5.74) is 3.54. The van der Waals surface area contributed by atoms with E-state index in [-0.39, 0.29) is 5.82 Å². The van der Waals surface area contributed by atoms with Crippen LogP contribution in [0.2, 0.25) is 0 Å². The van der Waals surface area contributed by atoms with Crippen molar-refractivity contribution >= 4 is 33.8 Å². The van der Waals surface area contributed by atoms with Gasteiger partial charge < -0.3 is 15.1 Å². The number of rotatable bonds is 5. The van der Waals surface area contributed by atoms with Gasteiger partial charge in [-0.1, -0.05) is 13.8 Å². The maximum atomic E-state index is 13.3. The van der Waals surface area contributed by atoms with Gasteiger partial charge in [-0.25, -0.2) is 14.4 Å². The fourth-order valence-electron chi connectivity index (χ4n) is 4.44. The second kappa shape index (κ2) is 9.68. The zero-order valence-corrected chi connectivity index (χ0v) is 20.6. The summed E-state index contributed by atoms with van der Waals surface area (Å²) >= 11 is 1.56. The summed E-state index contributed by atoms with van der Waals surface area (Å²) in [6, 6.07) is 10.6. The van der Waals surface area contributed by atoms with Crippen LogP contribution in [0.3, 0.4) is 0 Å². The molecule has 0 spiro atoms. The van der Waals surface area contributed by atoms with Gasteiger partial charge in [0, 0.05) is 31.1 Å². The molecule has 3 aromatic heterocycles. The monoisotopic (exact) mass is 479 g/mol. The molecule has 9 heteroatoms. The minimum atomic E-state index is -0.248. The number of nitrogens with one attached hydrogen (secondary N) is 1. The van der Waals surface area contributed by atoms with Crippen molar-refractivity contribution < 1.29 is 4.39 Å². The van der Waals surface area contributed by atoms with E-state index in [1.165, 1.54) is 12.1 Å². The molecule has 1 aromatic carbocycles. The van der Waals surface area contributed by atoms with E-state index >= 15 is 0 Å². The lowest BCUT2D eigenvalue weighted by molar-refractivity contribution is 0.465. The van der Waals surface area contributed by atoms with Crippen molar-refractivity contribution in [1.29, 1.82) is 0 Å². The Kier molecular flexibility index (Phi) is 6.47. The highest BCUT2D eigenvalue weighted by Crippen LogP contribution is 2.33. The number of halogens is 1. The number of thiazole rings is 1. The van der Waals surface area contributed by atoms with Gasteiger partial charge in [-0.3, -0.25) is 0 Å². The SMILES string of the molecule is CCc1nc2ccc(N3CCCNCC(C)C3)nn2c1N(C)c1nc(-c2ccc(F)cc2)cs1. The Morgan fingerprint density at radius 3 is 2.79 bits per heavy atom. The first-order valence-corrected chi connectivity index (χ1v) is 12.7. The molecule has 1 aliphatic heterocycles. The number of aryl methyl sites for hydroxylation is 1. The summed E-state index contributed by atoms with van der Waals surface area (Å²) in [5, 5.41) is 11.4. The molecule has 1 saturated heterocycles. The van der Waals surface area contributed by atoms with E-state index in [0.29, 0.717) is 5.92 Å². The normalized spacial score (nSPS) is 17.1. The highest BCUT2D eigenvalue weighted by molar-refractivity contribution is 7.14. The molecule has 0 radical (unpaired) electrons. The van der Waals surface area contributed by atoms with Gasteiger partial charge in [-0.15, -0.1) is 16.4 Å². The quantitative estimate of drug-likeness (QED) is 0.445. The fraction of sp³-hybridized carbons (Fsp3) is 0.400. The first-order valence-electron chi connectivity index (χ1n) is 11.8. The minimum absolute atomic E-state index is 0.248. The lowest BCUT2D eigenvalue weighted by Gasteiger charge is -2.29. The van der Waals surface area contributed by atoms with E-state index in [1.807, 2.05) is 16.9 Å². The third kappa shape index (κ3) is 4.50. The molecule has 0 saturated carbocycles. The van der Waals surface area contributed by atoms with Crippen LogP contribution < -0.4 is 15.1 Å².